The van der Waals surface area contributed by atoms with Gasteiger partial charge in [0, 0.05) is 42.2 Å². The van der Waals surface area contributed by atoms with Crippen LogP contribution >= 0.6 is 0 Å². The van der Waals surface area contributed by atoms with E-state index < -0.39 is 0 Å². The van der Waals surface area contributed by atoms with Crippen molar-refractivity contribution in [1.29, 1.82) is 0 Å². The van der Waals surface area contributed by atoms with Crippen molar-refractivity contribution in [3.05, 3.63) is 62.8 Å². The standard InChI is InChI=1S/C21H26N4O4/c1-12-8-15(10-26)24-20(27)17(12)9-23-21(28)18-14(3)25(13(2)11-29-4)19-16(18)6-5-7-22-19/h5-8,13,26H,9-11H2,1-4H3,(H,23,28)(H,24,27). The number of aliphatic hydroxyl groups excluding tert-OH is 1. The van der Waals surface area contributed by atoms with Crippen LogP contribution < -0.4 is 10.9 Å². The molecular formula is C21H26N4O4. The van der Waals surface area contributed by atoms with Gasteiger partial charge < -0.3 is 24.7 Å². The molecule has 3 heterocycles. The molecule has 0 radical (unpaired) electrons. The fourth-order valence-corrected chi connectivity index (χ4v) is 3.75. The third kappa shape index (κ3) is 3.94. The molecule has 1 amide bonds. The SMILES string of the molecule is COCC(C)n1c(C)c(C(=O)NCc2c(C)cc(CO)[nH]c2=O)c2cccnc21. The van der Waals surface area contributed by atoms with Gasteiger partial charge in [-0.25, -0.2) is 4.98 Å². The Hall–Kier alpha value is -2.97. The van der Waals surface area contributed by atoms with Crippen LogP contribution in [0.4, 0.5) is 0 Å². The molecule has 8 heteroatoms. The summed E-state index contributed by atoms with van der Waals surface area (Å²) in [6.45, 7) is 6.02. The molecule has 1 unspecified atom stereocenters. The third-order valence-corrected chi connectivity index (χ3v) is 5.09. The zero-order chi connectivity index (χ0) is 21.1. The van der Waals surface area contributed by atoms with Crippen LogP contribution in [0.15, 0.2) is 29.2 Å². The number of H-pyrrole nitrogens is 1. The third-order valence-electron chi connectivity index (χ3n) is 5.09. The average molecular weight is 398 g/mol. The Balaban J connectivity index is 1.94. The van der Waals surface area contributed by atoms with Gasteiger partial charge in [0.25, 0.3) is 11.5 Å². The fourth-order valence-electron chi connectivity index (χ4n) is 3.75. The number of fused-ring (bicyclic) bond motifs is 1. The van der Waals surface area contributed by atoms with Crippen LogP contribution in [0.1, 0.15) is 45.8 Å². The van der Waals surface area contributed by atoms with Gasteiger partial charge in [-0.3, -0.25) is 9.59 Å². The number of ether oxygens (including phenoxy) is 1. The van der Waals surface area contributed by atoms with Gasteiger partial charge in [0.05, 0.1) is 24.8 Å². The molecule has 0 saturated heterocycles. The number of carbonyl (C=O) groups is 1. The van der Waals surface area contributed by atoms with Crippen LogP contribution in [0.5, 0.6) is 0 Å². The van der Waals surface area contributed by atoms with Gasteiger partial charge >= 0.3 is 0 Å². The van der Waals surface area contributed by atoms with Crippen molar-refractivity contribution in [2.45, 2.75) is 40.0 Å². The number of aliphatic hydroxyl groups is 1. The maximum Gasteiger partial charge on any atom is 0.254 e. The second-order valence-electron chi connectivity index (χ2n) is 7.14. The number of rotatable bonds is 7. The second-order valence-corrected chi connectivity index (χ2v) is 7.14. The lowest BCUT2D eigenvalue weighted by atomic mass is 10.1. The molecule has 0 aliphatic heterocycles. The lowest BCUT2D eigenvalue weighted by Gasteiger charge is -2.16. The molecule has 0 saturated carbocycles. The zero-order valence-corrected chi connectivity index (χ0v) is 17.1. The van der Waals surface area contributed by atoms with E-state index in [1.165, 1.54) is 0 Å². The number of aryl methyl sites for hydroxylation is 1. The molecule has 1 atom stereocenters. The molecule has 3 aromatic heterocycles. The summed E-state index contributed by atoms with van der Waals surface area (Å²) in [4.78, 5) is 32.4. The minimum absolute atomic E-state index is 0.00932. The van der Waals surface area contributed by atoms with Gasteiger partial charge in [-0.15, -0.1) is 0 Å². The van der Waals surface area contributed by atoms with Crippen molar-refractivity contribution in [3.63, 3.8) is 0 Å². The number of hydrogen-bond donors (Lipinski definition) is 3. The Labute approximate surface area is 168 Å². The first-order chi connectivity index (χ1) is 13.9. The van der Waals surface area contributed by atoms with Crippen LogP contribution in [-0.4, -0.2) is 39.3 Å². The van der Waals surface area contributed by atoms with Crippen LogP contribution in [0.2, 0.25) is 0 Å². The summed E-state index contributed by atoms with van der Waals surface area (Å²) in [6, 6.07) is 5.38. The highest BCUT2D eigenvalue weighted by atomic mass is 16.5. The summed E-state index contributed by atoms with van der Waals surface area (Å²) in [7, 11) is 1.64. The Morgan fingerprint density at radius 1 is 1.41 bits per heavy atom. The molecule has 0 spiro atoms. The highest BCUT2D eigenvalue weighted by Crippen LogP contribution is 2.27. The van der Waals surface area contributed by atoms with Gasteiger partial charge in [0.1, 0.15) is 5.65 Å². The summed E-state index contributed by atoms with van der Waals surface area (Å²) in [5, 5.41) is 12.8. The van der Waals surface area contributed by atoms with E-state index in [1.807, 2.05) is 24.5 Å². The van der Waals surface area contributed by atoms with Gasteiger partial charge in [-0.05, 0) is 44.5 Å². The number of carbonyl (C=O) groups excluding carboxylic acids is 1. The molecule has 0 aliphatic carbocycles. The lowest BCUT2D eigenvalue weighted by Crippen LogP contribution is -2.28. The number of pyridine rings is 2. The van der Waals surface area contributed by atoms with E-state index in [1.54, 1.807) is 32.4 Å². The molecule has 29 heavy (non-hydrogen) atoms. The molecule has 0 fully saturated rings. The summed E-state index contributed by atoms with van der Waals surface area (Å²) in [5.74, 6) is -0.270. The number of methoxy groups -OCH3 is 1. The van der Waals surface area contributed by atoms with Crippen LogP contribution in [0.3, 0.4) is 0 Å². The highest BCUT2D eigenvalue weighted by Gasteiger charge is 2.23. The van der Waals surface area contributed by atoms with Crippen LogP contribution in [-0.2, 0) is 17.9 Å². The number of nitrogens with zero attached hydrogens (tertiary/aromatic N) is 2. The van der Waals surface area contributed by atoms with Gasteiger partial charge in [-0.2, -0.15) is 0 Å². The monoisotopic (exact) mass is 398 g/mol. The van der Waals surface area contributed by atoms with E-state index in [2.05, 4.69) is 15.3 Å². The van der Waals surface area contributed by atoms with Crippen molar-refractivity contribution >= 4 is 16.9 Å². The summed E-state index contributed by atoms with van der Waals surface area (Å²) < 4.78 is 7.28. The van der Waals surface area contributed by atoms with E-state index in [0.29, 0.717) is 29.0 Å². The first kappa shape index (κ1) is 20.8. The molecule has 0 aliphatic rings. The predicted molar refractivity (Wildman–Crippen MR) is 110 cm³/mol. The van der Waals surface area contributed by atoms with Gasteiger partial charge in [-0.1, -0.05) is 0 Å². The quantitative estimate of drug-likeness (QED) is 0.564. The molecule has 154 valence electrons. The average Bonchev–Trinajstić information content (AvgIpc) is 2.99. The Bertz CT molecular complexity index is 1100. The smallest absolute Gasteiger partial charge is 0.254 e. The molecule has 8 nitrogen and oxygen atoms in total. The zero-order valence-electron chi connectivity index (χ0n) is 17.1. The number of hydrogen-bond acceptors (Lipinski definition) is 5. The van der Waals surface area contributed by atoms with E-state index in [0.717, 1.165) is 16.7 Å². The lowest BCUT2D eigenvalue weighted by molar-refractivity contribution is 0.0951. The number of aromatic nitrogens is 3. The van der Waals surface area contributed by atoms with Crippen molar-refractivity contribution in [2.75, 3.05) is 13.7 Å². The molecule has 3 rings (SSSR count). The number of nitrogens with one attached hydrogen (secondary N) is 2. The van der Waals surface area contributed by atoms with E-state index in [-0.39, 0.29) is 30.7 Å². The first-order valence-corrected chi connectivity index (χ1v) is 9.44. The maximum atomic E-state index is 13.1. The molecule has 0 aromatic carbocycles. The number of aromatic amines is 1. The Kier molecular flexibility index (Phi) is 6.14. The molecule has 0 bridgehead atoms. The topological polar surface area (TPSA) is 109 Å². The Morgan fingerprint density at radius 3 is 2.83 bits per heavy atom. The summed E-state index contributed by atoms with van der Waals surface area (Å²) in [6.07, 6.45) is 1.70. The first-order valence-electron chi connectivity index (χ1n) is 9.44. The number of amides is 1. The van der Waals surface area contributed by atoms with Gasteiger partial charge in [0.15, 0.2) is 0 Å². The summed E-state index contributed by atoms with van der Waals surface area (Å²) in [5.41, 5.74) is 3.36. The maximum absolute atomic E-state index is 13.1. The minimum Gasteiger partial charge on any atom is -0.390 e. The normalized spacial score (nSPS) is 12.3. The van der Waals surface area contributed by atoms with Gasteiger partial charge in [0.2, 0.25) is 0 Å². The van der Waals surface area contributed by atoms with E-state index in [9.17, 15) is 14.7 Å². The van der Waals surface area contributed by atoms with Crippen molar-refractivity contribution in [2.24, 2.45) is 0 Å². The van der Waals surface area contributed by atoms with Crippen LogP contribution in [0.25, 0.3) is 11.0 Å². The van der Waals surface area contributed by atoms with Crippen molar-refractivity contribution in [1.82, 2.24) is 19.9 Å². The Morgan fingerprint density at radius 2 is 2.17 bits per heavy atom. The largest absolute Gasteiger partial charge is 0.390 e. The van der Waals surface area contributed by atoms with E-state index in [4.69, 9.17) is 4.74 Å². The molecular weight excluding hydrogens is 372 g/mol. The molecule has 3 N–H and O–H groups in total. The van der Waals surface area contributed by atoms with Crippen LogP contribution in [0, 0.1) is 13.8 Å². The second kappa shape index (κ2) is 8.59. The summed E-state index contributed by atoms with van der Waals surface area (Å²) >= 11 is 0. The fraction of sp³-hybridized carbons (Fsp3) is 0.381. The van der Waals surface area contributed by atoms with Crippen molar-refractivity contribution < 1.29 is 14.6 Å². The highest BCUT2D eigenvalue weighted by molar-refractivity contribution is 6.07. The minimum atomic E-state index is -0.316. The predicted octanol–water partition coefficient (Wildman–Crippen LogP) is 1.97. The van der Waals surface area contributed by atoms with E-state index >= 15 is 0 Å². The van der Waals surface area contributed by atoms with Crippen molar-refractivity contribution in [3.8, 4) is 0 Å². The molecule has 3 aromatic rings.